The van der Waals surface area contributed by atoms with Crippen molar-refractivity contribution in [1.82, 2.24) is 15.3 Å². The van der Waals surface area contributed by atoms with Crippen LogP contribution < -0.4 is 10.6 Å². The van der Waals surface area contributed by atoms with E-state index in [1.54, 1.807) is 36.7 Å². The summed E-state index contributed by atoms with van der Waals surface area (Å²) in [7, 11) is 0. The van der Waals surface area contributed by atoms with E-state index in [9.17, 15) is 4.79 Å². The summed E-state index contributed by atoms with van der Waals surface area (Å²) in [4.78, 5) is 20.9. The predicted molar refractivity (Wildman–Crippen MR) is 139 cm³/mol. The minimum atomic E-state index is -0.313. The Bertz CT molecular complexity index is 1350. The number of halogens is 1. The average Bonchev–Trinajstić information content (AvgIpc) is 3.21. The second kappa shape index (κ2) is 10.1. The molecule has 4 aromatic rings. The number of oxazole rings is 1. The van der Waals surface area contributed by atoms with Gasteiger partial charge in [0.25, 0.3) is 0 Å². The van der Waals surface area contributed by atoms with Crippen LogP contribution in [0.1, 0.15) is 30.9 Å². The highest BCUT2D eigenvalue weighted by atomic mass is 79.9. The van der Waals surface area contributed by atoms with Crippen molar-refractivity contribution >= 4 is 62.0 Å². The molecule has 166 valence electrons. The fourth-order valence-electron chi connectivity index (χ4n) is 3.14. The molecular formula is C25H21BrN4O2S. The van der Waals surface area contributed by atoms with E-state index < -0.39 is 0 Å². The number of rotatable bonds is 5. The number of aromatic nitrogens is 2. The van der Waals surface area contributed by atoms with E-state index in [0.29, 0.717) is 28.6 Å². The first-order valence-electron chi connectivity index (χ1n) is 10.3. The van der Waals surface area contributed by atoms with Crippen molar-refractivity contribution in [2.45, 2.75) is 19.8 Å². The van der Waals surface area contributed by atoms with Gasteiger partial charge in [0.1, 0.15) is 5.52 Å². The van der Waals surface area contributed by atoms with Crippen LogP contribution in [-0.2, 0) is 4.79 Å². The van der Waals surface area contributed by atoms with Crippen molar-refractivity contribution in [1.29, 1.82) is 0 Å². The van der Waals surface area contributed by atoms with Crippen LogP contribution in [0, 0.1) is 0 Å². The van der Waals surface area contributed by atoms with Crippen molar-refractivity contribution in [2.75, 3.05) is 5.32 Å². The standard InChI is InChI=1S/C25H21BrN4O2S/c1-15(2)17-6-3-16(4-7-17)5-10-23(31)30-25(33)28-20-8-9-22-21(12-20)29-24(32-22)18-11-19(26)14-27-13-18/h3-15H,1-2H3,(H2,28,30,31,33)/b10-5+. The molecule has 2 heterocycles. The lowest BCUT2D eigenvalue weighted by molar-refractivity contribution is -0.115. The molecule has 0 spiro atoms. The van der Waals surface area contributed by atoms with E-state index in [4.69, 9.17) is 16.6 Å². The number of hydrogen-bond acceptors (Lipinski definition) is 5. The minimum absolute atomic E-state index is 0.194. The number of thiocarbonyl (C=S) groups is 1. The molecule has 2 aromatic heterocycles. The monoisotopic (exact) mass is 520 g/mol. The summed E-state index contributed by atoms with van der Waals surface area (Å²) in [5.41, 5.74) is 4.95. The van der Waals surface area contributed by atoms with Gasteiger partial charge in [-0.05, 0) is 75.5 Å². The zero-order valence-corrected chi connectivity index (χ0v) is 20.4. The summed E-state index contributed by atoms with van der Waals surface area (Å²) in [6.45, 7) is 4.29. The second-order valence-electron chi connectivity index (χ2n) is 7.69. The largest absolute Gasteiger partial charge is 0.436 e. The molecule has 0 radical (unpaired) electrons. The predicted octanol–water partition coefficient (Wildman–Crippen LogP) is 6.30. The third-order valence-electron chi connectivity index (χ3n) is 4.86. The molecule has 0 saturated carbocycles. The molecule has 6 nitrogen and oxygen atoms in total. The van der Waals surface area contributed by atoms with Crippen LogP contribution >= 0.6 is 28.1 Å². The molecule has 8 heteroatoms. The first-order chi connectivity index (χ1) is 15.9. The second-order valence-corrected chi connectivity index (χ2v) is 9.02. The fourth-order valence-corrected chi connectivity index (χ4v) is 3.72. The van der Waals surface area contributed by atoms with E-state index in [0.717, 1.165) is 15.6 Å². The summed E-state index contributed by atoms with van der Waals surface area (Å²) in [5, 5.41) is 5.85. The van der Waals surface area contributed by atoms with Gasteiger partial charge in [-0.25, -0.2) is 4.98 Å². The van der Waals surface area contributed by atoms with Crippen molar-refractivity contribution < 1.29 is 9.21 Å². The van der Waals surface area contributed by atoms with Gasteiger partial charge in [0.2, 0.25) is 11.8 Å². The SMILES string of the molecule is CC(C)c1ccc(/C=C/C(=O)NC(=S)Nc2ccc3oc(-c4cncc(Br)c4)nc3c2)cc1. The molecule has 0 saturated heterocycles. The molecule has 4 rings (SSSR count). The quantitative estimate of drug-likeness (QED) is 0.237. The van der Waals surface area contributed by atoms with E-state index in [1.165, 1.54) is 11.6 Å². The summed E-state index contributed by atoms with van der Waals surface area (Å²) in [5.74, 6) is 0.626. The first-order valence-corrected chi connectivity index (χ1v) is 11.5. The van der Waals surface area contributed by atoms with Gasteiger partial charge in [0, 0.05) is 28.6 Å². The summed E-state index contributed by atoms with van der Waals surface area (Å²) >= 11 is 8.67. The number of pyridine rings is 1. The van der Waals surface area contributed by atoms with Crippen molar-refractivity contribution in [3.63, 3.8) is 0 Å². The Kier molecular flexibility index (Phi) is 6.96. The zero-order chi connectivity index (χ0) is 23.4. The van der Waals surface area contributed by atoms with E-state index in [2.05, 4.69) is 62.5 Å². The Labute approximate surface area is 205 Å². The van der Waals surface area contributed by atoms with Crippen LogP contribution in [0.4, 0.5) is 5.69 Å². The lowest BCUT2D eigenvalue weighted by Crippen LogP contribution is -2.32. The highest BCUT2D eigenvalue weighted by Crippen LogP contribution is 2.27. The minimum Gasteiger partial charge on any atom is -0.436 e. The molecule has 0 aliphatic carbocycles. The number of hydrogen-bond donors (Lipinski definition) is 2. The van der Waals surface area contributed by atoms with Crippen LogP contribution in [0.2, 0.25) is 0 Å². The van der Waals surface area contributed by atoms with Gasteiger partial charge in [-0.1, -0.05) is 38.1 Å². The Hall–Kier alpha value is -3.36. The van der Waals surface area contributed by atoms with Gasteiger partial charge in [-0.3, -0.25) is 15.1 Å². The van der Waals surface area contributed by atoms with Crippen LogP contribution in [0.5, 0.6) is 0 Å². The third kappa shape index (κ3) is 5.91. The van der Waals surface area contributed by atoms with Crippen molar-refractivity contribution in [2.24, 2.45) is 0 Å². The van der Waals surface area contributed by atoms with Gasteiger partial charge >= 0.3 is 0 Å². The molecule has 0 aliphatic rings. The number of benzene rings is 2. The number of nitrogens with zero attached hydrogens (tertiary/aromatic N) is 2. The maximum absolute atomic E-state index is 12.2. The molecule has 0 bridgehead atoms. The maximum Gasteiger partial charge on any atom is 0.250 e. The summed E-state index contributed by atoms with van der Waals surface area (Å²) in [6.07, 6.45) is 6.59. The fraction of sp³-hybridized carbons (Fsp3) is 0.120. The molecule has 0 unspecified atom stereocenters. The highest BCUT2D eigenvalue weighted by Gasteiger charge is 2.10. The number of carbonyl (C=O) groups is 1. The van der Waals surface area contributed by atoms with Crippen LogP contribution in [0.25, 0.3) is 28.6 Å². The molecule has 2 aromatic carbocycles. The number of anilines is 1. The lowest BCUT2D eigenvalue weighted by Gasteiger charge is -2.08. The molecular weight excluding hydrogens is 500 g/mol. The number of nitrogens with one attached hydrogen (secondary N) is 2. The van der Waals surface area contributed by atoms with E-state index in [-0.39, 0.29) is 11.0 Å². The smallest absolute Gasteiger partial charge is 0.250 e. The lowest BCUT2D eigenvalue weighted by atomic mass is 10.0. The number of carbonyl (C=O) groups excluding carboxylic acids is 1. The molecule has 2 N–H and O–H groups in total. The normalized spacial score (nSPS) is 11.3. The molecule has 0 aliphatic heterocycles. The van der Waals surface area contributed by atoms with Gasteiger partial charge in [-0.15, -0.1) is 0 Å². The molecule has 1 amide bonds. The summed E-state index contributed by atoms with van der Waals surface area (Å²) in [6, 6.07) is 15.4. The van der Waals surface area contributed by atoms with Gasteiger partial charge in [0.15, 0.2) is 10.7 Å². The Morgan fingerprint density at radius 1 is 1.12 bits per heavy atom. The zero-order valence-electron chi connectivity index (χ0n) is 18.0. The molecule has 0 atom stereocenters. The van der Waals surface area contributed by atoms with Crippen LogP contribution in [0.3, 0.4) is 0 Å². The van der Waals surface area contributed by atoms with Crippen LogP contribution in [0.15, 0.2) is 75.9 Å². The summed E-state index contributed by atoms with van der Waals surface area (Å²) < 4.78 is 6.66. The maximum atomic E-state index is 12.2. The van der Waals surface area contributed by atoms with Gasteiger partial charge in [0.05, 0.1) is 5.56 Å². The Morgan fingerprint density at radius 2 is 1.91 bits per heavy atom. The Balaban J connectivity index is 1.38. The van der Waals surface area contributed by atoms with E-state index >= 15 is 0 Å². The van der Waals surface area contributed by atoms with Crippen molar-refractivity contribution in [3.8, 4) is 11.5 Å². The van der Waals surface area contributed by atoms with E-state index in [1.807, 2.05) is 18.2 Å². The van der Waals surface area contributed by atoms with Crippen LogP contribution in [-0.4, -0.2) is 21.0 Å². The third-order valence-corrected chi connectivity index (χ3v) is 5.50. The first kappa shape index (κ1) is 22.8. The average molecular weight is 521 g/mol. The molecule has 0 fully saturated rings. The van der Waals surface area contributed by atoms with Gasteiger partial charge in [-0.2, -0.15) is 0 Å². The van der Waals surface area contributed by atoms with Gasteiger partial charge < -0.3 is 9.73 Å². The number of fused-ring (bicyclic) bond motifs is 1. The number of amides is 1. The van der Waals surface area contributed by atoms with Crippen molar-refractivity contribution in [3.05, 3.63) is 82.6 Å². The topological polar surface area (TPSA) is 80.0 Å². The Morgan fingerprint density at radius 3 is 2.64 bits per heavy atom. The molecule has 33 heavy (non-hydrogen) atoms. The highest BCUT2D eigenvalue weighted by molar-refractivity contribution is 9.10.